The smallest absolute Gasteiger partial charge is 0.257 e. The number of hydrogen-bond donors (Lipinski definition) is 0. The molecule has 0 spiro atoms. The second-order valence-electron chi connectivity index (χ2n) is 11.3. The van der Waals surface area contributed by atoms with Crippen molar-refractivity contribution >= 4 is 21.8 Å². The van der Waals surface area contributed by atoms with E-state index in [1.54, 1.807) is 0 Å². The van der Waals surface area contributed by atoms with Crippen molar-refractivity contribution in [2.45, 2.75) is 84.5 Å². The van der Waals surface area contributed by atoms with Crippen LogP contribution in [0.3, 0.4) is 0 Å². The van der Waals surface area contributed by atoms with Crippen molar-refractivity contribution in [3.8, 4) is 0 Å². The summed E-state index contributed by atoms with van der Waals surface area (Å²) < 4.78 is 7.40. The zero-order chi connectivity index (χ0) is 27.4. The first-order valence-electron chi connectivity index (χ1n) is 14.1. The number of carbonyl (C=O) groups is 1. The minimum absolute atomic E-state index is 0.0714. The van der Waals surface area contributed by atoms with Crippen LogP contribution in [0.25, 0.3) is 0 Å². The molecule has 7 nitrogen and oxygen atoms in total. The highest BCUT2D eigenvalue weighted by Gasteiger charge is 2.41. The van der Waals surface area contributed by atoms with Crippen LogP contribution in [0, 0.1) is 13.8 Å². The molecule has 38 heavy (non-hydrogen) atoms. The highest BCUT2D eigenvalue weighted by molar-refractivity contribution is 9.10. The van der Waals surface area contributed by atoms with Crippen LogP contribution in [0.5, 0.6) is 0 Å². The Morgan fingerprint density at radius 3 is 2.45 bits per heavy atom. The van der Waals surface area contributed by atoms with Crippen molar-refractivity contribution < 1.29 is 9.53 Å². The standard InChI is InChI=1S/C30H44BrN5O2/c1-7-38-27(18-25-9-8-10-26(31)17-25)24(5)36-16-15-35(19-21(36)2)30(6)11-13-34(14-12-30)29(37)28-22(3)32-20-33-23(28)4/h8-10,17,20-21,24,27H,7,11-16,18-19H2,1-6H3/t21-,24+,27+/m0/s1. The van der Waals surface area contributed by atoms with Gasteiger partial charge in [0.1, 0.15) is 6.33 Å². The molecule has 1 aromatic heterocycles. The molecule has 208 valence electrons. The first-order valence-corrected chi connectivity index (χ1v) is 14.9. The Balaban J connectivity index is 1.36. The lowest BCUT2D eigenvalue weighted by atomic mass is 9.86. The summed E-state index contributed by atoms with van der Waals surface area (Å²) in [4.78, 5) is 29.1. The van der Waals surface area contributed by atoms with Gasteiger partial charge in [0.2, 0.25) is 0 Å². The lowest BCUT2D eigenvalue weighted by Gasteiger charge is -2.53. The van der Waals surface area contributed by atoms with E-state index in [9.17, 15) is 4.79 Å². The van der Waals surface area contributed by atoms with Crippen LogP contribution in [0.2, 0.25) is 0 Å². The highest BCUT2D eigenvalue weighted by atomic mass is 79.9. The van der Waals surface area contributed by atoms with E-state index >= 15 is 0 Å². The topological polar surface area (TPSA) is 61.8 Å². The van der Waals surface area contributed by atoms with Gasteiger partial charge in [-0.05, 0) is 72.1 Å². The molecular weight excluding hydrogens is 542 g/mol. The van der Waals surface area contributed by atoms with E-state index < -0.39 is 0 Å². The fourth-order valence-corrected chi connectivity index (χ4v) is 6.77. The summed E-state index contributed by atoms with van der Waals surface area (Å²) in [7, 11) is 0. The summed E-state index contributed by atoms with van der Waals surface area (Å²) >= 11 is 3.61. The molecule has 1 aromatic carbocycles. The molecule has 2 fully saturated rings. The van der Waals surface area contributed by atoms with Gasteiger partial charge in [0.15, 0.2) is 0 Å². The van der Waals surface area contributed by atoms with Crippen LogP contribution < -0.4 is 0 Å². The third-order valence-corrected chi connectivity index (χ3v) is 9.27. The molecule has 3 atom stereocenters. The molecule has 0 N–H and O–H groups in total. The summed E-state index contributed by atoms with van der Waals surface area (Å²) in [5, 5.41) is 0. The molecule has 1 amide bonds. The molecule has 3 heterocycles. The van der Waals surface area contributed by atoms with Gasteiger partial charge in [0.05, 0.1) is 23.1 Å². The maximum Gasteiger partial charge on any atom is 0.257 e. The summed E-state index contributed by atoms with van der Waals surface area (Å²) in [5.41, 5.74) is 3.60. The maximum atomic E-state index is 13.3. The minimum atomic E-state index is 0.0714. The number of halogens is 1. The van der Waals surface area contributed by atoms with Crippen molar-refractivity contribution in [2.24, 2.45) is 0 Å². The Kier molecular flexibility index (Phi) is 9.61. The van der Waals surface area contributed by atoms with Gasteiger partial charge in [-0.3, -0.25) is 14.6 Å². The molecule has 0 aliphatic carbocycles. The number of amides is 1. The number of rotatable bonds is 8. The molecular formula is C30H44BrN5O2. The van der Waals surface area contributed by atoms with E-state index in [0.717, 1.165) is 74.5 Å². The Morgan fingerprint density at radius 1 is 1.16 bits per heavy atom. The number of benzene rings is 1. The number of likely N-dealkylation sites (tertiary alicyclic amines) is 1. The molecule has 0 saturated carbocycles. The summed E-state index contributed by atoms with van der Waals surface area (Å²) in [5.74, 6) is 0.0714. The lowest BCUT2D eigenvalue weighted by molar-refractivity contribution is -0.0623. The number of aromatic nitrogens is 2. The maximum absolute atomic E-state index is 13.3. The molecule has 0 bridgehead atoms. The van der Waals surface area contributed by atoms with E-state index in [2.05, 4.69) is 87.7 Å². The number of ether oxygens (including phenoxy) is 1. The third-order valence-electron chi connectivity index (χ3n) is 8.78. The van der Waals surface area contributed by atoms with Gasteiger partial charge in [-0.2, -0.15) is 0 Å². The number of piperazine rings is 1. The van der Waals surface area contributed by atoms with Gasteiger partial charge in [0.25, 0.3) is 5.91 Å². The second-order valence-corrected chi connectivity index (χ2v) is 12.2. The third kappa shape index (κ3) is 6.46. The van der Waals surface area contributed by atoms with Gasteiger partial charge in [-0.1, -0.05) is 28.1 Å². The number of carbonyl (C=O) groups excluding carboxylic acids is 1. The van der Waals surface area contributed by atoms with E-state index in [4.69, 9.17) is 4.74 Å². The predicted molar refractivity (Wildman–Crippen MR) is 156 cm³/mol. The van der Waals surface area contributed by atoms with Crippen LogP contribution in [0.4, 0.5) is 0 Å². The lowest BCUT2D eigenvalue weighted by Crippen LogP contribution is -2.64. The van der Waals surface area contributed by atoms with Crippen LogP contribution >= 0.6 is 15.9 Å². The predicted octanol–water partition coefficient (Wildman–Crippen LogP) is 4.89. The molecule has 2 saturated heterocycles. The molecule has 2 aliphatic rings. The summed E-state index contributed by atoms with van der Waals surface area (Å²) in [6, 6.07) is 9.33. The zero-order valence-electron chi connectivity index (χ0n) is 23.9. The van der Waals surface area contributed by atoms with Gasteiger partial charge < -0.3 is 9.64 Å². The highest BCUT2D eigenvalue weighted by Crippen LogP contribution is 2.32. The second kappa shape index (κ2) is 12.5. The van der Waals surface area contributed by atoms with Gasteiger partial charge in [0, 0.05) is 67.8 Å². The van der Waals surface area contributed by atoms with Crippen molar-refractivity contribution in [1.82, 2.24) is 24.7 Å². The van der Waals surface area contributed by atoms with Crippen molar-refractivity contribution in [2.75, 3.05) is 39.3 Å². The molecule has 0 radical (unpaired) electrons. The van der Waals surface area contributed by atoms with Crippen molar-refractivity contribution in [1.29, 1.82) is 0 Å². The van der Waals surface area contributed by atoms with Crippen LogP contribution in [-0.2, 0) is 11.2 Å². The SMILES string of the molecule is CCO[C@H](Cc1cccc(Br)c1)[C@@H](C)N1CCN(C2(C)CCN(C(=O)c3c(C)ncnc3C)CC2)C[C@@H]1C. The normalized spacial score (nSPS) is 22.3. The summed E-state index contributed by atoms with van der Waals surface area (Å²) in [6.07, 6.45) is 4.57. The minimum Gasteiger partial charge on any atom is -0.377 e. The fourth-order valence-electron chi connectivity index (χ4n) is 6.33. The number of aryl methyl sites for hydroxylation is 2. The van der Waals surface area contributed by atoms with Gasteiger partial charge in [-0.25, -0.2) is 9.97 Å². The van der Waals surface area contributed by atoms with Crippen molar-refractivity contribution in [3.63, 3.8) is 0 Å². The van der Waals surface area contributed by atoms with E-state index in [1.165, 1.54) is 11.9 Å². The average Bonchev–Trinajstić information content (AvgIpc) is 2.88. The first kappa shape index (κ1) is 29.1. The molecule has 0 unspecified atom stereocenters. The molecule has 2 aromatic rings. The molecule has 4 rings (SSSR count). The number of nitrogens with zero attached hydrogens (tertiary/aromatic N) is 5. The largest absolute Gasteiger partial charge is 0.377 e. The summed E-state index contributed by atoms with van der Waals surface area (Å²) in [6.45, 7) is 18.3. The first-order chi connectivity index (χ1) is 18.1. The van der Waals surface area contributed by atoms with E-state index in [1.807, 2.05) is 18.7 Å². The quantitative estimate of drug-likeness (QED) is 0.439. The van der Waals surface area contributed by atoms with Crippen molar-refractivity contribution in [3.05, 3.63) is 57.6 Å². The monoisotopic (exact) mass is 585 g/mol. The Labute approximate surface area is 237 Å². The van der Waals surface area contributed by atoms with Crippen LogP contribution in [-0.4, -0.2) is 93.6 Å². The Morgan fingerprint density at radius 2 is 1.84 bits per heavy atom. The fraction of sp³-hybridized carbons (Fsp3) is 0.633. The van der Waals surface area contributed by atoms with Gasteiger partial charge in [-0.15, -0.1) is 0 Å². The van der Waals surface area contributed by atoms with Crippen LogP contribution in [0.15, 0.2) is 35.1 Å². The zero-order valence-corrected chi connectivity index (χ0v) is 25.5. The number of hydrogen-bond acceptors (Lipinski definition) is 6. The van der Waals surface area contributed by atoms with E-state index in [-0.39, 0.29) is 17.6 Å². The Bertz CT molecular complexity index is 1080. The number of piperidine rings is 1. The van der Waals surface area contributed by atoms with Crippen LogP contribution in [0.1, 0.15) is 67.8 Å². The Hall–Kier alpha value is -1.87. The molecule has 2 aliphatic heterocycles. The molecule has 8 heteroatoms. The van der Waals surface area contributed by atoms with Gasteiger partial charge >= 0.3 is 0 Å². The van der Waals surface area contributed by atoms with E-state index in [0.29, 0.717) is 17.6 Å². The average molecular weight is 587 g/mol.